The van der Waals surface area contributed by atoms with Gasteiger partial charge in [-0.05, 0) is 25.8 Å². The molecule has 0 aliphatic heterocycles. The Morgan fingerprint density at radius 2 is 2.20 bits per heavy atom. The minimum atomic E-state index is -0.890. The van der Waals surface area contributed by atoms with Gasteiger partial charge in [-0.25, -0.2) is 0 Å². The van der Waals surface area contributed by atoms with E-state index in [1.165, 1.54) is 18.3 Å². The first-order chi connectivity index (χ1) is 9.42. The Morgan fingerprint density at radius 1 is 1.45 bits per heavy atom. The van der Waals surface area contributed by atoms with Crippen molar-refractivity contribution >= 4 is 11.9 Å². The first-order valence-electron chi connectivity index (χ1n) is 6.66. The van der Waals surface area contributed by atoms with Crippen LogP contribution in [-0.2, 0) is 4.79 Å². The maximum Gasteiger partial charge on any atom is 0.308 e. The van der Waals surface area contributed by atoms with E-state index in [2.05, 4.69) is 10.3 Å². The van der Waals surface area contributed by atoms with Gasteiger partial charge >= 0.3 is 5.97 Å². The van der Waals surface area contributed by atoms with Gasteiger partial charge in [0.2, 0.25) is 5.56 Å². The number of H-pyrrole nitrogens is 1. The molecule has 0 unspecified atom stereocenters. The Balaban J connectivity index is 2.20. The van der Waals surface area contributed by atoms with E-state index in [9.17, 15) is 19.5 Å². The third kappa shape index (κ3) is 2.89. The lowest BCUT2D eigenvalue weighted by Crippen LogP contribution is -2.55. The first-order valence-corrected chi connectivity index (χ1v) is 6.66. The lowest BCUT2D eigenvalue weighted by molar-refractivity contribution is -0.145. The summed E-state index contributed by atoms with van der Waals surface area (Å²) in [6.07, 6.45) is 4.32. The maximum absolute atomic E-state index is 12.2. The Morgan fingerprint density at radius 3 is 2.85 bits per heavy atom. The number of amides is 1. The van der Waals surface area contributed by atoms with Gasteiger partial charge in [-0.15, -0.1) is 0 Å². The Labute approximate surface area is 116 Å². The van der Waals surface area contributed by atoms with Gasteiger partial charge in [0.15, 0.2) is 0 Å². The van der Waals surface area contributed by atoms with Crippen molar-refractivity contribution < 1.29 is 14.7 Å². The van der Waals surface area contributed by atoms with E-state index in [4.69, 9.17) is 0 Å². The molecule has 0 saturated heterocycles. The highest BCUT2D eigenvalue weighted by atomic mass is 16.4. The molecule has 2 atom stereocenters. The summed E-state index contributed by atoms with van der Waals surface area (Å²) in [6, 6.07) is 2.70. The Hall–Kier alpha value is -2.11. The van der Waals surface area contributed by atoms with Crippen LogP contribution in [0.4, 0.5) is 0 Å². The molecular weight excluding hydrogens is 260 g/mol. The molecule has 2 rings (SSSR count). The second-order valence-corrected chi connectivity index (χ2v) is 5.45. The Bertz CT molecular complexity index is 581. The average Bonchev–Trinajstić information content (AvgIpc) is 2.38. The third-order valence-electron chi connectivity index (χ3n) is 3.94. The zero-order chi connectivity index (χ0) is 14.8. The van der Waals surface area contributed by atoms with Gasteiger partial charge < -0.3 is 15.4 Å². The SMILES string of the molecule is C[C@@]1(NC(=O)c2cc[nH]c(=O)c2)CCCC[C@H]1C(=O)O. The summed E-state index contributed by atoms with van der Waals surface area (Å²) in [5.41, 5.74) is -0.894. The zero-order valence-corrected chi connectivity index (χ0v) is 11.3. The summed E-state index contributed by atoms with van der Waals surface area (Å²) in [7, 11) is 0. The molecule has 1 heterocycles. The highest BCUT2D eigenvalue weighted by Crippen LogP contribution is 2.34. The minimum Gasteiger partial charge on any atom is -0.481 e. The van der Waals surface area contributed by atoms with Crippen molar-refractivity contribution in [1.82, 2.24) is 10.3 Å². The van der Waals surface area contributed by atoms with Gasteiger partial charge in [-0.1, -0.05) is 12.8 Å². The van der Waals surface area contributed by atoms with Crippen LogP contribution < -0.4 is 10.9 Å². The van der Waals surface area contributed by atoms with E-state index in [0.29, 0.717) is 12.8 Å². The number of pyridine rings is 1. The van der Waals surface area contributed by atoms with Crippen molar-refractivity contribution in [2.45, 2.75) is 38.1 Å². The minimum absolute atomic E-state index is 0.240. The number of aromatic amines is 1. The molecule has 1 fully saturated rings. The number of hydrogen-bond acceptors (Lipinski definition) is 3. The quantitative estimate of drug-likeness (QED) is 0.772. The van der Waals surface area contributed by atoms with E-state index < -0.39 is 23.3 Å². The molecule has 0 spiro atoms. The fraction of sp³-hybridized carbons (Fsp3) is 0.500. The smallest absolute Gasteiger partial charge is 0.308 e. The Kier molecular flexibility index (Phi) is 3.92. The van der Waals surface area contributed by atoms with Gasteiger partial charge in [0.1, 0.15) is 0 Å². The molecule has 1 aromatic heterocycles. The molecule has 6 nitrogen and oxygen atoms in total. The lowest BCUT2D eigenvalue weighted by Gasteiger charge is -2.39. The van der Waals surface area contributed by atoms with Crippen LogP contribution in [0.5, 0.6) is 0 Å². The van der Waals surface area contributed by atoms with E-state index in [-0.39, 0.29) is 11.1 Å². The number of hydrogen-bond donors (Lipinski definition) is 3. The lowest BCUT2D eigenvalue weighted by atomic mass is 9.74. The van der Waals surface area contributed by atoms with Crippen molar-refractivity contribution in [1.29, 1.82) is 0 Å². The molecule has 1 aliphatic rings. The molecule has 0 radical (unpaired) electrons. The molecule has 0 aromatic carbocycles. The summed E-state index contributed by atoms with van der Waals surface area (Å²) >= 11 is 0. The number of carbonyl (C=O) groups is 2. The zero-order valence-electron chi connectivity index (χ0n) is 11.3. The fourth-order valence-electron chi connectivity index (χ4n) is 2.80. The standard InChI is InChI=1S/C14H18N2O4/c1-14(6-3-2-4-10(14)13(19)20)16-12(18)9-5-7-15-11(17)8-9/h5,7-8,10H,2-4,6H2,1H3,(H,15,17)(H,16,18)(H,19,20)/t10-,14+/m0/s1. The van der Waals surface area contributed by atoms with Crippen LogP contribution in [0.3, 0.4) is 0 Å². The van der Waals surface area contributed by atoms with Crippen LogP contribution in [0.15, 0.2) is 23.1 Å². The van der Waals surface area contributed by atoms with Crippen molar-refractivity contribution in [2.24, 2.45) is 5.92 Å². The fourth-order valence-corrected chi connectivity index (χ4v) is 2.80. The summed E-state index contributed by atoms with van der Waals surface area (Å²) in [4.78, 5) is 37.2. The van der Waals surface area contributed by atoms with Gasteiger partial charge in [0.05, 0.1) is 11.5 Å². The topological polar surface area (TPSA) is 99.3 Å². The van der Waals surface area contributed by atoms with Gasteiger partial charge in [0.25, 0.3) is 5.91 Å². The molecule has 108 valence electrons. The van der Waals surface area contributed by atoms with Crippen LogP contribution in [0.2, 0.25) is 0 Å². The summed E-state index contributed by atoms with van der Waals surface area (Å²) in [5.74, 6) is -1.90. The van der Waals surface area contributed by atoms with Gasteiger partial charge in [-0.2, -0.15) is 0 Å². The summed E-state index contributed by atoms with van der Waals surface area (Å²) < 4.78 is 0. The molecule has 6 heteroatoms. The van der Waals surface area contributed by atoms with E-state index in [1.807, 2.05) is 0 Å². The number of carboxylic acids is 1. The highest BCUT2D eigenvalue weighted by molar-refractivity contribution is 5.94. The van der Waals surface area contributed by atoms with E-state index in [0.717, 1.165) is 12.8 Å². The second-order valence-electron chi connectivity index (χ2n) is 5.45. The number of aromatic nitrogens is 1. The molecule has 1 saturated carbocycles. The summed E-state index contributed by atoms with van der Waals surface area (Å²) in [6.45, 7) is 1.76. The molecule has 1 amide bonds. The molecule has 1 aromatic rings. The molecular formula is C14H18N2O4. The molecule has 3 N–H and O–H groups in total. The monoisotopic (exact) mass is 278 g/mol. The summed E-state index contributed by atoms with van der Waals surface area (Å²) in [5, 5.41) is 12.1. The van der Waals surface area contributed by atoms with Crippen LogP contribution in [-0.4, -0.2) is 27.5 Å². The van der Waals surface area contributed by atoms with E-state index >= 15 is 0 Å². The van der Waals surface area contributed by atoms with Crippen molar-refractivity contribution in [3.05, 3.63) is 34.2 Å². The van der Waals surface area contributed by atoms with Crippen LogP contribution >= 0.6 is 0 Å². The molecule has 1 aliphatic carbocycles. The number of nitrogens with one attached hydrogen (secondary N) is 2. The normalized spacial score (nSPS) is 25.9. The first kappa shape index (κ1) is 14.3. The largest absolute Gasteiger partial charge is 0.481 e. The van der Waals surface area contributed by atoms with Crippen molar-refractivity contribution in [2.75, 3.05) is 0 Å². The highest BCUT2D eigenvalue weighted by Gasteiger charge is 2.42. The number of carbonyl (C=O) groups excluding carboxylic acids is 1. The van der Waals surface area contributed by atoms with Gasteiger partial charge in [-0.3, -0.25) is 14.4 Å². The van der Waals surface area contributed by atoms with Crippen molar-refractivity contribution in [3.63, 3.8) is 0 Å². The van der Waals surface area contributed by atoms with Crippen LogP contribution in [0, 0.1) is 5.92 Å². The van der Waals surface area contributed by atoms with Crippen LogP contribution in [0.1, 0.15) is 43.0 Å². The predicted molar refractivity (Wildman–Crippen MR) is 72.5 cm³/mol. The second kappa shape index (κ2) is 5.48. The third-order valence-corrected chi connectivity index (χ3v) is 3.94. The average molecular weight is 278 g/mol. The maximum atomic E-state index is 12.2. The predicted octanol–water partition coefficient (Wildman–Crippen LogP) is 1.14. The molecule has 20 heavy (non-hydrogen) atoms. The number of aliphatic carboxylic acids is 1. The van der Waals surface area contributed by atoms with Crippen LogP contribution in [0.25, 0.3) is 0 Å². The molecule has 0 bridgehead atoms. The van der Waals surface area contributed by atoms with E-state index in [1.54, 1.807) is 6.92 Å². The van der Waals surface area contributed by atoms with Crippen molar-refractivity contribution in [3.8, 4) is 0 Å². The van der Waals surface area contributed by atoms with Gasteiger partial charge in [0, 0.05) is 17.8 Å². The number of carboxylic acid groups (broad SMARTS) is 1. The number of rotatable bonds is 3.